The zero-order chi connectivity index (χ0) is 18.5. The van der Waals surface area contributed by atoms with E-state index in [9.17, 15) is 0 Å². The summed E-state index contributed by atoms with van der Waals surface area (Å²) in [6, 6.07) is 15.8. The van der Waals surface area contributed by atoms with Crippen LogP contribution < -0.4 is 4.74 Å². The Morgan fingerprint density at radius 2 is 1.88 bits per heavy atom. The van der Waals surface area contributed by atoms with Crippen LogP contribution in [0.2, 0.25) is 5.02 Å². The van der Waals surface area contributed by atoms with E-state index in [0.29, 0.717) is 12.5 Å². The van der Waals surface area contributed by atoms with Crippen LogP contribution in [-0.4, -0.2) is 20.5 Å². The quantitative estimate of drug-likeness (QED) is 0.498. The Labute approximate surface area is 163 Å². The minimum Gasteiger partial charge on any atom is -0.486 e. The van der Waals surface area contributed by atoms with Crippen LogP contribution in [0.4, 0.5) is 0 Å². The first kappa shape index (κ1) is 18.8. The minimum atomic E-state index is 0.338. The Hall–Kier alpha value is -1.98. The molecule has 0 saturated carbocycles. The first-order valence-corrected chi connectivity index (χ1v) is 9.92. The summed E-state index contributed by atoms with van der Waals surface area (Å²) in [7, 11) is 0. The summed E-state index contributed by atoms with van der Waals surface area (Å²) in [5.74, 6) is 3.11. The van der Waals surface area contributed by atoms with Gasteiger partial charge in [-0.1, -0.05) is 55.4 Å². The van der Waals surface area contributed by atoms with Crippen molar-refractivity contribution in [3.05, 3.63) is 64.9 Å². The maximum absolute atomic E-state index is 6.08. The molecule has 3 aromatic rings. The van der Waals surface area contributed by atoms with Crippen LogP contribution in [0.15, 0.2) is 53.7 Å². The zero-order valence-corrected chi connectivity index (χ0v) is 16.7. The number of hydrogen-bond donors (Lipinski definition) is 0. The molecule has 1 heterocycles. The molecule has 0 radical (unpaired) electrons. The summed E-state index contributed by atoms with van der Waals surface area (Å²) < 4.78 is 8.00. The van der Waals surface area contributed by atoms with Gasteiger partial charge in [0.05, 0.1) is 0 Å². The molecular formula is C20H22ClN3OS. The topological polar surface area (TPSA) is 39.9 Å². The number of thioether (sulfide) groups is 1. The van der Waals surface area contributed by atoms with E-state index in [1.54, 1.807) is 11.8 Å². The van der Waals surface area contributed by atoms with E-state index >= 15 is 0 Å². The number of halogens is 1. The van der Waals surface area contributed by atoms with Crippen LogP contribution in [-0.2, 0) is 6.61 Å². The van der Waals surface area contributed by atoms with Gasteiger partial charge in [0.1, 0.15) is 12.4 Å². The van der Waals surface area contributed by atoms with Gasteiger partial charge in [0.25, 0.3) is 0 Å². The van der Waals surface area contributed by atoms with E-state index in [-0.39, 0.29) is 0 Å². The third-order valence-electron chi connectivity index (χ3n) is 3.76. The zero-order valence-electron chi connectivity index (χ0n) is 15.1. The Kier molecular flexibility index (Phi) is 6.22. The molecule has 0 spiro atoms. The highest BCUT2D eigenvalue weighted by Gasteiger charge is 2.15. The van der Waals surface area contributed by atoms with E-state index in [1.165, 1.54) is 0 Å². The standard InChI is InChI=1S/C20H22ClN3OS/c1-14(2)13-26-20-23-22-19(24(20)16-7-5-4-6-8-16)12-25-17-9-10-18(21)15(3)11-17/h4-11,14H,12-13H2,1-3H3. The van der Waals surface area contributed by atoms with E-state index in [1.807, 2.05) is 43.3 Å². The predicted molar refractivity (Wildman–Crippen MR) is 107 cm³/mol. The molecule has 0 atom stereocenters. The average Bonchev–Trinajstić information content (AvgIpc) is 3.04. The lowest BCUT2D eigenvalue weighted by Gasteiger charge is -2.12. The molecule has 0 N–H and O–H groups in total. The first-order valence-electron chi connectivity index (χ1n) is 8.56. The summed E-state index contributed by atoms with van der Waals surface area (Å²) in [5.41, 5.74) is 2.02. The molecule has 0 fully saturated rings. The summed E-state index contributed by atoms with van der Waals surface area (Å²) in [5, 5.41) is 10.4. The van der Waals surface area contributed by atoms with E-state index in [0.717, 1.165) is 38.8 Å². The van der Waals surface area contributed by atoms with Crippen LogP contribution in [0.25, 0.3) is 5.69 Å². The number of benzene rings is 2. The number of nitrogens with zero attached hydrogens (tertiary/aromatic N) is 3. The Bertz CT molecular complexity index is 865. The lowest BCUT2D eigenvalue weighted by Crippen LogP contribution is -2.07. The number of aromatic nitrogens is 3. The van der Waals surface area contributed by atoms with Gasteiger partial charge in [-0.15, -0.1) is 10.2 Å². The number of para-hydroxylation sites is 1. The fourth-order valence-electron chi connectivity index (χ4n) is 2.42. The van der Waals surface area contributed by atoms with Gasteiger partial charge >= 0.3 is 0 Å². The molecule has 0 aliphatic rings. The maximum atomic E-state index is 6.08. The van der Waals surface area contributed by atoms with Crippen molar-refractivity contribution in [2.75, 3.05) is 5.75 Å². The number of hydrogen-bond acceptors (Lipinski definition) is 4. The van der Waals surface area contributed by atoms with Crippen molar-refractivity contribution < 1.29 is 4.74 Å². The number of aryl methyl sites for hydroxylation is 1. The van der Waals surface area contributed by atoms with Crippen LogP contribution in [0.3, 0.4) is 0 Å². The van der Waals surface area contributed by atoms with Crippen molar-refractivity contribution in [2.24, 2.45) is 5.92 Å². The van der Waals surface area contributed by atoms with Crippen LogP contribution in [0, 0.1) is 12.8 Å². The smallest absolute Gasteiger partial charge is 0.195 e. The molecule has 0 amide bonds. The molecule has 0 aliphatic carbocycles. The fourth-order valence-corrected chi connectivity index (χ4v) is 3.46. The highest BCUT2D eigenvalue weighted by molar-refractivity contribution is 7.99. The minimum absolute atomic E-state index is 0.338. The lowest BCUT2D eigenvalue weighted by atomic mass is 10.2. The average molecular weight is 388 g/mol. The Morgan fingerprint density at radius 1 is 1.12 bits per heavy atom. The number of ether oxygens (including phenoxy) is 1. The van der Waals surface area contributed by atoms with Gasteiger partial charge in [-0.25, -0.2) is 0 Å². The van der Waals surface area contributed by atoms with Gasteiger partial charge in [-0.3, -0.25) is 4.57 Å². The third kappa shape index (κ3) is 4.59. The van der Waals surface area contributed by atoms with Crippen molar-refractivity contribution in [1.82, 2.24) is 14.8 Å². The molecule has 0 unspecified atom stereocenters. The van der Waals surface area contributed by atoms with Gasteiger partial charge < -0.3 is 4.74 Å². The van der Waals surface area contributed by atoms with Crippen molar-refractivity contribution in [2.45, 2.75) is 32.5 Å². The van der Waals surface area contributed by atoms with Crippen molar-refractivity contribution in [3.8, 4) is 11.4 Å². The summed E-state index contributed by atoms with van der Waals surface area (Å²) >= 11 is 7.80. The molecule has 3 rings (SSSR count). The fraction of sp³-hybridized carbons (Fsp3) is 0.300. The monoisotopic (exact) mass is 387 g/mol. The molecule has 4 nitrogen and oxygen atoms in total. The Balaban J connectivity index is 1.85. The second kappa shape index (κ2) is 8.60. The maximum Gasteiger partial charge on any atom is 0.195 e. The Morgan fingerprint density at radius 3 is 2.58 bits per heavy atom. The normalized spacial score (nSPS) is 11.1. The highest BCUT2D eigenvalue weighted by Crippen LogP contribution is 2.25. The van der Waals surface area contributed by atoms with E-state index in [4.69, 9.17) is 16.3 Å². The first-order chi connectivity index (χ1) is 12.5. The van der Waals surface area contributed by atoms with Crippen LogP contribution in [0.5, 0.6) is 5.75 Å². The summed E-state index contributed by atoms with van der Waals surface area (Å²) in [4.78, 5) is 0. The largest absolute Gasteiger partial charge is 0.486 e. The summed E-state index contributed by atoms with van der Waals surface area (Å²) in [6.45, 7) is 6.69. The molecule has 136 valence electrons. The molecule has 1 aromatic heterocycles. The second-order valence-corrected chi connectivity index (χ2v) is 7.87. The molecule has 6 heteroatoms. The molecule has 26 heavy (non-hydrogen) atoms. The molecule has 0 saturated heterocycles. The SMILES string of the molecule is Cc1cc(OCc2nnc(SCC(C)C)n2-c2ccccc2)ccc1Cl. The predicted octanol–water partition coefficient (Wildman–Crippen LogP) is 5.56. The number of rotatable bonds is 7. The third-order valence-corrected chi connectivity index (χ3v) is 5.54. The molecule has 0 bridgehead atoms. The molecular weight excluding hydrogens is 366 g/mol. The van der Waals surface area contributed by atoms with Crippen molar-refractivity contribution >= 4 is 23.4 Å². The van der Waals surface area contributed by atoms with Gasteiger partial charge in [0.15, 0.2) is 11.0 Å². The highest BCUT2D eigenvalue weighted by atomic mass is 35.5. The van der Waals surface area contributed by atoms with Crippen molar-refractivity contribution in [3.63, 3.8) is 0 Å². The van der Waals surface area contributed by atoms with Gasteiger partial charge in [-0.05, 0) is 48.7 Å². The van der Waals surface area contributed by atoms with Crippen LogP contribution >= 0.6 is 23.4 Å². The lowest BCUT2D eigenvalue weighted by molar-refractivity contribution is 0.292. The van der Waals surface area contributed by atoms with Crippen molar-refractivity contribution in [1.29, 1.82) is 0 Å². The van der Waals surface area contributed by atoms with Crippen LogP contribution in [0.1, 0.15) is 25.2 Å². The second-order valence-electron chi connectivity index (χ2n) is 6.47. The molecule has 2 aromatic carbocycles. The van der Waals surface area contributed by atoms with Gasteiger partial charge in [0, 0.05) is 16.5 Å². The van der Waals surface area contributed by atoms with Gasteiger partial charge in [-0.2, -0.15) is 0 Å². The molecule has 0 aliphatic heterocycles. The van der Waals surface area contributed by atoms with E-state index in [2.05, 4.69) is 40.7 Å². The van der Waals surface area contributed by atoms with Gasteiger partial charge in [0.2, 0.25) is 0 Å². The summed E-state index contributed by atoms with van der Waals surface area (Å²) in [6.07, 6.45) is 0. The van der Waals surface area contributed by atoms with E-state index < -0.39 is 0 Å².